The average Bonchev–Trinajstić information content (AvgIpc) is 3.16. The molecular formula is C20H25NOSi. The summed E-state index contributed by atoms with van der Waals surface area (Å²) in [5.41, 5.74) is 10.9. The minimum atomic E-state index is -0.675. The number of benzene rings is 1. The van der Waals surface area contributed by atoms with Crippen LogP contribution in [0.2, 0.25) is 13.1 Å². The lowest BCUT2D eigenvalue weighted by molar-refractivity contribution is -0.122. The maximum Gasteiger partial charge on any atom is 0.232 e. The van der Waals surface area contributed by atoms with Crippen LogP contribution in [0.3, 0.4) is 0 Å². The van der Waals surface area contributed by atoms with Gasteiger partial charge in [-0.3, -0.25) is 4.79 Å². The van der Waals surface area contributed by atoms with Crippen molar-refractivity contribution in [1.29, 1.82) is 0 Å². The number of hydrogen-bond acceptors (Lipinski definition) is 1. The second kappa shape index (κ2) is 5.00. The monoisotopic (exact) mass is 323 g/mol. The van der Waals surface area contributed by atoms with Crippen molar-refractivity contribution < 1.29 is 4.79 Å². The molecule has 2 bridgehead atoms. The summed E-state index contributed by atoms with van der Waals surface area (Å²) < 4.78 is 0. The van der Waals surface area contributed by atoms with Gasteiger partial charge in [-0.25, -0.2) is 0 Å². The molecule has 120 valence electrons. The Hall–Kier alpha value is -1.48. The molecule has 3 atom stereocenters. The maximum absolute atomic E-state index is 12.9. The van der Waals surface area contributed by atoms with E-state index in [1.54, 1.807) is 0 Å². The third-order valence-corrected chi connectivity index (χ3v) is 8.17. The van der Waals surface area contributed by atoms with E-state index in [1.165, 1.54) is 40.3 Å². The summed E-state index contributed by atoms with van der Waals surface area (Å²) >= 11 is 0. The molecule has 0 aliphatic heterocycles. The largest absolute Gasteiger partial charge is 0.369 e. The molecule has 3 aliphatic rings. The fraction of sp³-hybridized carbons (Fsp3) is 0.500. The normalized spacial score (nSPS) is 31.3. The Morgan fingerprint density at radius 1 is 1.30 bits per heavy atom. The first kappa shape index (κ1) is 15.1. The molecule has 2 saturated carbocycles. The summed E-state index contributed by atoms with van der Waals surface area (Å²) in [6, 6.07) is 6.52. The predicted octanol–water partition coefficient (Wildman–Crippen LogP) is 3.31. The molecule has 2 N–H and O–H groups in total. The fourth-order valence-corrected chi connectivity index (χ4v) is 8.02. The van der Waals surface area contributed by atoms with E-state index in [-0.39, 0.29) is 5.91 Å². The van der Waals surface area contributed by atoms with Gasteiger partial charge in [0.1, 0.15) is 0 Å². The van der Waals surface area contributed by atoms with E-state index in [0.29, 0.717) is 11.8 Å². The summed E-state index contributed by atoms with van der Waals surface area (Å²) in [7, 11) is -0.675. The summed E-state index contributed by atoms with van der Waals surface area (Å²) in [4.78, 5) is 12.9. The molecule has 3 heteroatoms. The lowest BCUT2D eigenvalue weighted by Crippen LogP contribution is -2.54. The number of carbonyl (C=O) groups is 1. The predicted molar refractivity (Wildman–Crippen MR) is 98.0 cm³/mol. The van der Waals surface area contributed by atoms with E-state index in [4.69, 9.17) is 5.73 Å². The SMILES string of the molecule is CC1=Cc2c(cccc2C2(C(N)=O)C(=[Si](C)C)C3CCC2C3)C1. The Morgan fingerprint density at radius 2 is 2.09 bits per heavy atom. The van der Waals surface area contributed by atoms with Crippen molar-refractivity contribution in [3.63, 3.8) is 0 Å². The van der Waals surface area contributed by atoms with E-state index >= 15 is 0 Å². The van der Waals surface area contributed by atoms with Gasteiger partial charge in [0.15, 0.2) is 0 Å². The quantitative estimate of drug-likeness (QED) is 0.834. The van der Waals surface area contributed by atoms with Gasteiger partial charge in [-0.1, -0.05) is 48.1 Å². The maximum atomic E-state index is 12.9. The highest BCUT2D eigenvalue weighted by atomic mass is 28.2. The Bertz CT molecular complexity index is 772. The van der Waals surface area contributed by atoms with Crippen molar-refractivity contribution in [2.45, 2.75) is 51.1 Å². The summed E-state index contributed by atoms with van der Waals surface area (Å²) in [6.07, 6.45) is 6.88. The van der Waals surface area contributed by atoms with Crippen LogP contribution in [0.4, 0.5) is 0 Å². The van der Waals surface area contributed by atoms with Crippen LogP contribution >= 0.6 is 0 Å². The molecule has 3 unspecified atom stereocenters. The van der Waals surface area contributed by atoms with E-state index in [2.05, 4.69) is 44.3 Å². The summed E-state index contributed by atoms with van der Waals surface area (Å²) in [5.74, 6) is 0.941. The third kappa shape index (κ3) is 1.86. The van der Waals surface area contributed by atoms with Gasteiger partial charge in [0.25, 0.3) is 0 Å². The van der Waals surface area contributed by atoms with Gasteiger partial charge >= 0.3 is 0 Å². The number of primary amides is 1. The van der Waals surface area contributed by atoms with E-state index < -0.39 is 13.8 Å². The van der Waals surface area contributed by atoms with Crippen molar-refractivity contribution in [2.24, 2.45) is 17.6 Å². The standard InChI is InChI=1S/C20H25NOSi/c1-12-9-13-5-4-6-17(16(13)10-12)20(19(21)22)15-8-7-14(11-15)18(20)23(2)3/h4-6,10,14-15H,7-9,11H2,1-3H3,(H2,21,22). The highest BCUT2D eigenvalue weighted by Crippen LogP contribution is 2.56. The van der Waals surface area contributed by atoms with Crippen LogP contribution in [0.15, 0.2) is 23.8 Å². The Balaban J connectivity index is 2.03. The van der Waals surface area contributed by atoms with Gasteiger partial charge in [0.2, 0.25) is 5.91 Å². The Labute approximate surface area is 140 Å². The Morgan fingerprint density at radius 3 is 2.78 bits per heavy atom. The zero-order chi connectivity index (χ0) is 16.4. The first-order chi connectivity index (χ1) is 11.0. The molecule has 1 amide bonds. The summed E-state index contributed by atoms with van der Waals surface area (Å²) in [5, 5.41) is 1.51. The summed E-state index contributed by atoms with van der Waals surface area (Å²) in [6.45, 7) is 6.85. The van der Waals surface area contributed by atoms with Gasteiger partial charge < -0.3 is 5.73 Å². The van der Waals surface area contributed by atoms with E-state index in [0.717, 1.165) is 12.8 Å². The first-order valence-electron chi connectivity index (χ1n) is 8.73. The topological polar surface area (TPSA) is 43.1 Å². The molecule has 2 fully saturated rings. The highest BCUT2D eigenvalue weighted by molar-refractivity contribution is 6.72. The number of rotatable bonds is 2. The number of nitrogens with two attached hydrogens (primary N) is 1. The molecule has 0 heterocycles. The van der Waals surface area contributed by atoms with Crippen molar-refractivity contribution in [2.75, 3.05) is 0 Å². The molecule has 2 nitrogen and oxygen atoms in total. The van der Waals surface area contributed by atoms with Gasteiger partial charge in [0, 0.05) is 8.41 Å². The number of carbonyl (C=O) groups excluding carboxylic acids is 1. The van der Waals surface area contributed by atoms with Crippen LogP contribution < -0.4 is 5.73 Å². The van der Waals surface area contributed by atoms with Crippen LogP contribution in [0.25, 0.3) is 6.08 Å². The second-order valence-corrected chi connectivity index (χ2v) is 10.4. The van der Waals surface area contributed by atoms with Gasteiger partial charge in [0.05, 0.1) is 5.41 Å². The molecule has 0 spiro atoms. The average molecular weight is 324 g/mol. The lowest BCUT2D eigenvalue weighted by Gasteiger charge is -2.40. The molecular weight excluding hydrogens is 298 g/mol. The molecule has 23 heavy (non-hydrogen) atoms. The smallest absolute Gasteiger partial charge is 0.232 e. The molecule has 1 aromatic carbocycles. The van der Waals surface area contributed by atoms with Gasteiger partial charge in [-0.05, 0) is 61.1 Å². The van der Waals surface area contributed by atoms with Crippen molar-refractivity contribution >= 4 is 25.6 Å². The number of hydrogen-bond donors (Lipinski definition) is 1. The zero-order valence-corrected chi connectivity index (χ0v) is 15.3. The van der Waals surface area contributed by atoms with Crippen molar-refractivity contribution in [3.05, 3.63) is 40.5 Å². The fourth-order valence-electron chi connectivity index (χ4n) is 5.69. The van der Waals surface area contributed by atoms with Crippen LogP contribution in [-0.4, -0.2) is 19.5 Å². The van der Waals surface area contributed by atoms with Crippen molar-refractivity contribution in [3.8, 4) is 0 Å². The molecule has 3 aliphatic carbocycles. The van der Waals surface area contributed by atoms with Gasteiger partial charge in [-0.15, -0.1) is 0 Å². The molecule has 0 aromatic heterocycles. The molecule has 0 radical (unpaired) electrons. The van der Waals surface area contributed by atoms with E-state index in [1.807, 2.05) is 0 Å². The highest BCUT2D eigenvalue weighted by Gasteiger charge is 2.59. The number of fused-ring (bicyclic) bond motifs is 3. The number of amides is 1. The van der Waals surface area contributed by atoms with Crippen LogP contribution in [-0.2, 0) is 16.6 Å². The van der Waals surface area contributed by atoms with Crippen molar-refractivity contribution in [1.82, 2.24) is 0 Å². The number of allylic oxidation sites excluding steroid dienone is 1. The van der Waals surface area contributed by atoms with Crippen LogP contribution in [0.1, 0.15) is 42.9 Å². The molecule has 0 saturated heterocycles. The lowest BCUT2D eigenvalue weighted by atomic mass is 9.66. The third-order valence-electron chi connectivity index (χ3n) is 6.29. The van der Waals surface area contributed by atoms with Gasteiger partial charge in [-0.2, -0.15) is 0 Å². The van der Waals surface area contributed by atoms with Crippen LogP contribution in [0.5, 0.6) is 0 Å². The molecule has 4 rings (SSSR count). The zero-order valence-electron chi connectivity index (χ0n) is 14.3. The second-order valence-electron chi connectivity index (χ2n) is 7.84. The first-order valence-corrected chi connectivity index (χ1v) is 11.2. The Kier molecular flexibility index (Phi) is 3.28. The minimum absolute atomic E-state index is 0.0998. The minimum Gasteiger partial charge on any atom is -0.369 e. The van der Waals surface area contributed by atoms with E-state index in [9.17, 15) is 4.79 Å². The molecule has 1 aromatic rings. The van der Waals surface area contributed by atoms with Crippen LogP contribution in [0, 0.1) is 11.8 Å².